The smallest absolute Gasteiger partial charge is 0.175 e. The number of nitrogens with two attached hydrogens (primary N) is 1. The first kappa shape index (κ1) is 13.3. The third-order valence-electron chi connectivity index (χ3n) is 3.22. The molecule has 3 rings (SSSR count). The maximum absolute atomic E-state index is 5.87. The van der Waals surface area contributed by atoms with Gasteiger partial charge in [-0.05, 0) is 28.4 Å². The summed E-state index contributed by atoms with van der Waals surface area (Å²) in [5, 5.41) is 3.74. The molecule has 0 unspecified atom stereocenters. The van der Waals surface area contributed by atoms with Crippen LogP contribution in [0.3, 0.4) is 0 Å². The van der Waals surface area contributed by atoms with Crippen molar-refractivity contribution in [2.45, 2.75) is 19.8 Å². The zero-order chi connectivity index (χ0) is 14.1. The van der Waals surface area contributed by atoms with Gasteiger partial charge in [-0.25, -0.2) is 0 Å². The zero-order valence-corrected chi connectivity index (χ0v) is 12.7. The average molecular weight is 339 g/mol. The van der Waals surface area contributed by atoms with E-state index in [4.69, 9.17) is 19.7 Å². The highest BCUT2D eigenvalue weighted by atomic mass is 79.9. The average Bonchev–Trinajstić information content (AvgIpc) is 2.72. The van der Waals surface area contributed by atoms with Gasteiger partial charge >= 0.3 is 0 Å². The van der Waals surface area contributed by atoms with Crippen molar-refractivity contribution >= 4 is 21.7 Å². The Morgan fingerprint density at radius 3 is 2.65 bits per heavy atom. The Morgan fingerprint density at radius 1 is 1.25 bits per heavy atom. The van der Waals surface area contributed by atoms with Crippen LogP contribution >= 0.6 is 15.9 Å². The lowest BCUT2D eigenvalue weighted by atomic mass is 10.0. The zero-order valence-electron chi connectivity index (χ0n) is 11.1. The summed E-state index contributed by atoms with van der Waals surface area (Å²) in [5.41, 5.74) is 7.60. The topological polar surface area (TPSA) is 70.5 Å². The molecule has 1 aromatic heterocycles. The van der Waals surface area contributed by atoms with Crippen LogP contribution in [0.25, 0.3) is 11.3 Å². The molecule has 6 heteroatoms. The monoisotopic (exact) mass is 338 g/mol. The molecule has 20 heavy (non-hydrogen) atoms. The first-order valence-corrected chi connectivity index (χ1v) is 7.33. The summed E-state index contributed by atoms with van der Waals surface area (Å²) in [6.45, 7) is 3.37. The van der Waals surface area contributed by atoms with Gasteiger partial charge in [0, 0.05) is 23.6 Å². The maximum Gasteiger partial charge on any atom is 0.175 e. The number of benzene rings is 1. The lowest BCUT2D eigenvalue weighted by Crippen LogP contribution is -1.99. The van der Waals surface area contributed by atoms with E-state index in [1.807, 2.05) is 6.07 Å². The normalized spacial score (nSPS) is 14.1. The Morgan fingerprint density at radius 2 is 2.00 bits per heavy atom. The molecule has 1 aliphatic rings. The summed E-state index contributed by atoms with van der Waals surface area (Å²) in [6.07, 6.45) is 1.67. The van der Waals surface area contributed by atoms with Gasteiger partial charge in [0.2, 0.25) is 0 Å². The van der Waals surface area contributed by atoms with Crippen LogP contribution in [0.1, 0.15) is 18.9 Å². The fourth-order valence-electron chi connectivity index (χ4n) is 2.33. The van der Waals surface area contributed by atoms with Crippen LogP contribution in [0.5, 0.6) is 11.5 Å². The van der Waals surface area contributed by atoms with Crippen LogP contribution in [0, 0.1) is 0 Å². The van der Waals surface area contributed by atoms with Crippen LogP contribution in [0.15, 0.2) is 21.1 Å². The fourth-order valence-corrected chi connectivity index (χ4v) is 2.85. The predicted molar refractivity (Wildman–Crippen MR) is 79.0 cm³/mol. The molecule has 1 aliphatic heterocycles. The van der Waals surface area contributed by atoms with Crippen molar-refractivity contribution in [3.63, 3.8) is 0 Å². The minimum absolute atomic E-state index is 0.366. The third kappa shape index (κ3) is 2.24. The molecule has 0 amide bonds. The van der Waals surface area contributed by atoms with Crippen LogP contribution in [-0.2, 0) is 6.42 Å². The van der Waals surface area contributed by atoms with Crippen molar-refractivity contribution in [2.75, 3.05) is 18.9 Å². The Hall–Kier alpha value is -1.69. The van der Waals surface area contributed by atoms with Crippen molar-refractivity contribution in [1.29, 1.82) is 0 Å². The van der Waals surface area contributed by atoms with Crippen LogP contribution in [-0.4, -0.2) is 18.4 Å². The summed E-state index contributed by atoms with van der Waals surface area (Å²) in [7, 11) is 0. The molecule has 106 valence electrons. The molecule has 2 heterocycles. The quantitative estimate of drug-likeness (QED) is 0.908. The highest BCUT2D eigenvalue weighted by molar-refractivity contribution is 9.10. The molecule has 0 saturated heterocycles. The van der Waals surface area contributed by atoms with E-state index in [-0.39, 0.29) is 0 Å². The van der Waals surface area contributed by atoms with Gasteiger partial charge in [-0.2, -0.15) is 0 Å². The second kappa shape index (κ2) is 5.36. The van der Waals surface area contributed by atoms with Crippen LogP contribution in [0.2, 0.25) is 0 Å². The van der Waals surface area contributed by atoms with E-state index in [9.17, 15) is 0 Å². The number of halogens is 1. The van der Waals surface area contributed by atoms with Gasteiger partial charge in [0.1, 0.15) is 0 Å². The summed E-state index contributed by atoms with van der Waals surface area (Å²) in [6, 6.07) is 3.68. The van der Waals surface area contributed by atoms with Gasteiger partial charge in [0.05, 0.1) is 17.7 Å². The summed E-state index contributed by atoms with van der Waals surface area (Å²) in [4.78, 5) is 0. The number of fused-ring (bicyclic) bond motifs is 1. The fraction of sp³-hybridized carbons (Fsp3) is 0.357. The van der Waals surface area contributed by atoms with Crippen molar-refractivity contribution in [3.05, 3.63) is 22.2 Å². The highest BCUT2D eigenvalue weighted by Gasteiger charge is 2.23. The molecule has 0 fully saturated rings. The van der Waals surface area contributed by atoms with E-state index in [1.54, 1.807) is 6.07 Å². The Balaban J connectivity index is 2.20. The van der Waals surface area contributed by atoms with Gasteiger partial charge < -0.3 is 19.7 Å². The van der Waals surface area contributed by atoms with Gasteiger partial charge in [-0.3, -0.25) is 0 Å². The van der Waals surface area contributed by atoms with Crippen LogP contribution in [0.4, 0.5) is 5.82 Å². The Labute approximate surface area is 125 Å². The number of aromatic nitrogens is 1. The molecular formula is C14H15BrN2O3. The molecule has 2 N–H and O–H groups in total. The minimum atomic E-state index is 0.366. The summed E-state index contributed by atoms with van der Waals surface area (Å²) in [5.74, 6) is 2.54. The van der Waals surface area contributed by atoms with Gasteiger partial charge in [0.15, 0.2) is 23.1 Å². The molecular weight excluding hydrogens is 324 g/mol. The van der Waals surface area contributed by atoms with Crippen molar-refractivity contribution in [2.24, 2.45) is 0 Å². The number of hydrogen-bond acceptors (Lipinski definition) is 5. The molecule has 0 saturated carbocycles. The minimum Gasteiger partial charge on any atom is -0.489 e. The first-order valence-electron chi connectivity index (χ1n) is 6.54. The molecule has 0 radical (unpaired) electrons. The predicted octanol–water partition coefficient (Wildman–Crippen LogP) is 3.41. The molecule has 0 atom stereocenters. The Kier molecular flexibility index (Phi) is 3.56. The van der Waals surface area contributed by atoms with E-state index in [2.05, 4.69) is 28.0 Å². The first-order chi connectivity index (χ1) is 9.70. The van der Waals surface area contributed by atoms with Crippen molar-refractivity contribution in [3.8, 4) is 22.8 Å². The van der Waals surface area contributed by atoms with E-state index >= 15 is 0 Å². The Bertz CT molecular complexity index is 640. The second-order valence-electron chi connectivity index (χ2n) is 4.56. The van der Waals surface area contributed by atoms with Crippen LogP contribution < -0.4 is 15.2 Å². The highest BCUT2D eigenvalue weighted by Crippen LogP contribution is 2.45. The van der Waals surface area contributed by atoms with Gasteiger partial charge in [-0.15, -0.1) is 0 Å². The van der Waals surface area contributed by atoms with Crippen molar-refractivity contribution < 1.29 is 14.0 Å². The lowest BCUT2D eigenvalue weighted by molar-refractivity contribution is 0.295. The molecule has 0 bridgehead atoms. The molecule has 1 aromatic carbocycles. The third-order valence-corrected chi connectivity index (χ3v) is 3.81. The second-order valence-corrected chi connectivity index (χ2v) is 5.42. The molecule has 5 nitrogen and oxygen atoms in total. The summed E-state index contributed by atoms with van der Waals surface area (Å²) >= 11 is 3.54. The maximum atomic E-state index is 5.87. The lowest BCUT2D eigenvalue weighted by Gasteiger charge is -2.16. The molecule has 0 aliphatic carbocycles. The van der Waals surface area contributed by atoms with E-state index in [0.717, 1.165) is 39.9 Å². The number of hydrogen-bond donors (Lipinski definition) is 1. The number of anilines is 1. The standard InChI is InChI=1S/C14H15BrN2O3/c1-2-8-9(11-7-12(16)17-20-11)6-10(15)14-13(8)18-4-3-5-19-14/h6-7H,2-5H2,1H3,(H2,16,17). The van der Waals surface area contributed by atoms with Crippen molar-refractivity contribution in [1.82, 2.24) is 5.16 Å². The van der Waals surface area contributed by atoms with Gasteiger partial charge in [-0.1, -0.05) is 12.1 Å². The number of rotatable bonds is 2. The number of ether oxygens (including phenoxy) is 2. The SMILES string of the molecule is CCc1c(-c2cc(N)no2)cc(Br)c2c1OCCCO2. The van der Waals surface area contributed by atoms with E-state index in [1.165, 1.54) is 0 Å². The van der Waals surface area contributed by atoms with Gasteiger partial charge in [0.25, 0.3) is 0 Å². The largest absolute Gasteiger partial charge is 0.489 e. The van der Waals surface area contributed by atoms with E-state index < -0.39 is 0 Å². The molecule has 2 aromatic rings. The number of nitrogens with zero attached hydrogens (tertiary/aromatic N) is 1. The van der Waals surface area contributed by atoms with E-state index in [0.29, 0.717) is 24.8 Å². The molecule has 0 spiro atoms. The number of nitrogen functional groups attached to an aromatic ring is 1. The summed E-state index contributed by atoms with van der Waals surface area (Å²) < 4.78 is 17.8.